The largest absolute Gasteiger partial charge is 0.311 e. The van der Waals surface area contributed by atoms with Gasteiger partial charge in [0.15, 0.2) is 0 Å². The molecule has 2 nitrogen and oxygen atoms in total. The molecule has 1 N–H and O–H groups in total. The van der Waals surface area contributed by atoms with Gasteiger partial charge in [-0.1, -0.05) is 0 Å². The highest BCUT2D eigenvalue weighted by atomic mass is 16.1. The Hall–Kier alpha value is -0.370. The number of hydrogen-bond acceptors (Lipinski definition) is 2. The molecule has 3 atom stereocenters. The van der Waals surface area contributed by atoms with Crippen molar-refractivity contribution in [2.45, 2.75) is 37.8 Å². The second-order valence-electron chi connectivity index (χ2n) is 3.51. The summed E-state index contributed by atoms with van der Waals surface area (Å²) in [5, 5.41) is 3.50. The summed E-state index contributed by atoms with van der Waals surface area (Å²) in [6.07, 6.45) is 5.87. The van der Waals surface area contributed by atoms with Crippen molar-refractivity contribution >= 4 is 6.29 Å². The Morgan fingerprint density at radius 3 is 2.30 bits per heavy atom. The van der Waals surface area contributed by atoms with Crippen molar-refractivity contribution < 1.29 is 4.79 Å². The van der Waals surface area contributed by atoms with E-state index in [2.05, 4.69) is 5.32 Å². The summed E-state index contributed by atoms with van der Waals surface area (Å²) in [6.45, 7) is 0. The van der Waals surface area contributed by atoms with E-state index in [9.17, 15) is 4.79 Å². The van der Waals surface area contributed by atoms with Gasteiger partial charge < -0.3 is 10.1 Å². The van der Waals surface area contributed by atoms with E-state index in [1.54, 1.807) is 0 Å². The number of fused-ring (bicyclic) bond motifs is 2. The van der Waals surface area contributed by atoms with E-state index in [1.165, 1.54) is 12.8 Å². The molecule has 0 aromatic heterocycles. The molecule has 0 aliphatic carbocycles. The highest BCUT2D eigenvalue weighted by Crippen LogP contribution is 2.29. The van der Waals surface area contributed by atoms with Crippen molar-refractivity contribution in [2.24, 2.45) is 5.92 Å². The fourth-order valence-corrected chi connectivity index (χ4v) is 2.21. The summed E-state index contributed by atoms with van der Waals surface area (Å²) < 4.78 is 0. The second kappa shape index (κ2) is 2.35. The van der Waals surface area contributed by atoms with Crippen LogP contribution in [0.3, 0.4) is 0 Å². The molecule has 2 aliphatic heterocycles. The summed E-state index contributed by atoms with van der Waals surface area (Å²) in [6, 6.07) is 1.32. The molecule has 0 aromatic rings. The van der Waals surface area contributed by atoms with Crippen molar-refractivity contribution in [3.05, 3.63) is 0 Å². The molecule has 2 fully saturated rings. The molecular weight excluding hydrogens is 126 g/mol. The number of rotatable bonds is 1. The summed E-state index contributed by atoms with van der Waals surface area (Å²) in [4.78, 5) is 10.5. The molecule has 0 amide bonds. The number of carbonyl (C=O) groups is 1. The molecule has 2 rings (SSSR count). The van der Waals surface area contributed by atoms with E-state index in [0.29, 0.717) is 18.0 Å². The Morgan fingerprint density at radius 2 is 1.80 bits per heavy atom. The molecule has 2 bridgehead atoms. The van der Waals surface area contributed by atoms with Crippen LogP contribution in [0.4, 0.5) is 0 Å². The Kier molecular flexibility index (Phi) is 1.49. The topological polar surface area (TPSA) is 29.1 Å². The quantitative estimate of drug-likeness (QED) is 0.542. The van der Waals surface area contributed by atoms with Gasteiger partial charge >= 0.3 is 0 Å². The minimum absolute atomic E-state index is 0.360. The van der Waals surface area contributed by atoms with Crippen LogP contribution in [0, 0.1) is 5.92 Å². The normalized spacial score (nSPS) is 45.4. The molecule has 2 heteroatoms. The average molecular weight is 139 g/mol. The smallest absolute Gasteiger partial charge is 0.123 e. The molecule has 56 valence electrons. The SMILES string of the molecule is O=CC1C[C@H]2CC[C@@H](C1)N2. The number of hydrogen-bond donors (Lipinski definition) is 1. The van der Waals surface area contributed by atoms with Crippen molar-refractivity contribution in [1.29, 1.82) is 0 Å². The zero-order valence-corrected chi connectivity index (χ0v) is 6.05. The molecule has 0 aromatic carbocycles. The third-order valence-corrected chi connectivity index (χ3v) is 2.70. The van der Waals surface area contributed by atoms with Gasteiger partial charge in [-0.25, -0.2) is 0 Å². The van der Waals surface area contributed by atoms with Crippen molar-refractivity contribution in [3.8, 4) is 0 Å². The lowest BCUT2D eigenvalue weighted by atomic mass is 9.94. The zero-order chi connectivity index (χ0) is 6.97. The zero-order valence-electron chi connectivity index (χ0n) is 6.05. The molecule has 2 saturated heterocycles. The molecule has 0 radical (unpaired) electrons. The Bertz CT molecular complexity index is 134. The maximum Gasteiger partial charge on any atom is 0.123 e. The molecular formula is C8H13NO. The first-order valence-corrected chi connectivity index (χ1v) is 4.10. The lowest BCUT2D eigenvalue weighted by molar-refractivity contribution is -0.112. The maximum atomic E-state index is 10.5. The number of carbonyl (C=O) groups excluding carboxylic acids is 1. The van der Waals surface area contributed by atoms with E-state index in [-0.39, 0.29) is 0 Å². The fourth-order valence-electron chi connectivity index (χ4n) is 2.21. The van der Waals surface area contributed by atoms with Crippen LogP contribution in [0.1, 0.15) is 25.7 Å². The molecule has 2 aliphatic rings. The first-order valence-electron chi connectivity index (χ1n) is 4.10. The van der Waals surface area contributed by atoms with E-state index >= 15 is 0 Å². The lowest BCUT2D eigenvalue weighted by Gasteiger charge is -2.24. The average Bonchev–Trinajstić information content (AvgIpc) is 2.30. The van der Waals surface area contributed by atoms with Gasteiger partial charge in [-0.2, -0.15) is 0 Å². The van der Waals surface area contributed by atoms with E-state index < -0.39 is 0 Å². The van der Waals surface area contributed by atoms with Gasteiger partial charge in [0, 0.05) is 18.0 Å². The van der Waals surface area contributed by atoms with Gasteiger partial charge in [0.1, 0.15) is 6.29 Å². The van der Waals surface area contributed by atoms with Crippen LogP contribution in [0.2, 0.25) is 0 Å². The lowest BCUT2D eigenvalue weighted by Crippen LogP contribution is -2.38. The van der Waals surface area contributed by atoms with Gasteiger partial charge in [0.2, 0.25) is 0 Å². The predicted octanol–water partition coefficient (Wildman–Crippen LogP) is 0.716. The van der Waals surface area contributed by atoms with Crippen LogP contribution >= 0.6 is 0 Å². The van der Waals surface area contributed by atoms with Crippen LogP contribution in [-0.2, 0) is 4.79 Å². The summed E-state index contributed by atoms with van der Waals surface area (Å²) in [5.74, 6) is 0.360. The van der Waals surface area contributed by atoms with Gasteiger partial charge in [-0.3, -0.25) is 0 Å². The van der Waals surface area contributed by atoms with Crippen LogP contribution in [0.5, 0.6) is 0 Å². The summed E-state index contributed by atoms with van der Waals surface area (Å²) in [5.41, 5.74) is 0. The number of aldehydes is 1. The van der Waals surface area contributed by atoms with E-state index in [0.717, 1.165) is 19.1 Å². The fraction of sp³-hybridized carbons (Fsp3) is 0.875. The second-order valence-corrected chi connectivity index (χ2v) is 3.51. The monoisotopic (exact) mass is 139 g/mol. The molecule has 0 spiro atoms. The van der Waals surface area contributed by atoms with Crippen LogP contribution in [0.25, 0.3) is 0 Å². The minimum Gasteiger partial charge on any atom is -0.311 e. The van der Waals surface area contributed by atoms with Gasteiger partial charge in [-0.05, 0) is 25.7 Å². The highest BCUT2D eigenvalue weighted by Gasteiger charge is 2.32. The van der Waals surface area contributed by atoms with Crippen LogP contribution < -0.4 is 5.32 Å². The third-order valence-electron chi connectivity index (χ3n) is 2.70. The van der Waals surface area contributed by atoms with Crippen LogP contribution in [0.15, 0.2) is 0 Å². The Labute approximate surface area is 61.0 Å². The van der Waals surface area contributed by atoms with Crippen molar-refractivity contribution in [2.75, 3.05) is 0 Å². The van der Waals surface area contributed by atoms with E-state index in [4.69, 9.17) is 0 Å². The third kappa shape index (κ3) is 0.966. The van der Waals surface area contributed by atoms with Crippen molar-refractivity contribution in [3.63, 3.8) is 0 Å². The summed E-state index contributed by atoms with van der Waals surface area (Å²) >= 11 is 0. The standard InChI is InChI=1S/C8H13NO/c10-5-6-3-7-1-2-8(4-6)9-7/h5-9H,1-4H2/t6?,7-,8+. The molecule has 2 heterocycles. The minimum atomic E-state index is 0.360. The van der Waals surface area contributed by atoms with Crippen LogP contribution in [-0.4, -0.2) is 18.4 Å². The maximum absolute atomic E-state index is 10.5. The summed E-state index contributed by atoms with van der Waals surface area (Å²) in [7, 11) is 0. The van der Waals surface area contributed by atoms with Gasteiger partial charge in [-0.15, -0.1) is 0 Å². The number of nitrogens with one attached hydrogen (secondary N) is 1. The first kappa shape index (κ1) is 6.35. The first-order chi connectivity index (χ1) is 4.88. The van der Waals surface area contributed by atoms with Gasteiger partial charge in [0.25, 0.3) is 0 Å². The molecule has 1 unspecified atom stereocenters. The Balaban J connectivity index is 2.02. The van der Waals surface area contributed by atoms with Gasteiger partial charge in [0.05, 0.1) is 0 Å². The van der Waals surface area contributed by atoms with Crippen molar-refractivity contribution in [1.82, 2.24) is 5.32 Å². The highest BCUT2D eigenvalue weighted by molar-refractivity contribution is 5.54. The van der Waals surface area contributed by atoms with E-state index in [1.807, 2.05) is 0 Å². The Morgan fingerprint density at radius 1 is 1.20 bits per heavy atom. The molecule has 0 saturated carbocycles. The molecule has 10 heavy (non-hydrogen) atoms. The predicted molar refractivity (Wildman–Crippen MR) is 38.7 cm³/mol. The number of piperidine rings is 1.